The fourth-order valence-electron chi connectivity index (χ4n) is 4.15. The van der Waals surface area contributed by atoms with Crippen LogP contribution in [0.3, 0.4) is 0 Å². The Labute approximate surface area is 125 Å². The molecule has 2 atom stereocenters. The minimum Gasteiger partial charge on any atom is -0.389 e. The minimum absolute atomic E-state index is 0.0408. The van der Waals surface area contributed by atoms with E-state index in [0.29, 0.717) is 45.6 Å². The van der Waals surface area contributed by atoms with Gasteiger partial charge in [-0.1, -0.05) is 12.8 Å². The van der Waals surface area contributed by atoms with Crippen LogP contribution in [-0.4, -0.2) is 47.8 Å². The molecule has 1 amide bonds. The second-order valence-corrected chi connectivity index (χ2v) is 6.85. The summed E-state index contributed by atoms with van der Waals surface area (Å²) < 4.78 is 5.30. The maximum atomic E-state index is 12.9. The molecule has 21 heavy (non-hydrogen) atoms. The molecule has 2 heterocycles. The van der Waals surface area contributed by atoms with Crippen LogP contribution in [-0.2, 0) is 9.53 Å². The van der Waals surface area contributed by atoms with Gasteiger partial charge in [0.2, 0.25) is 5.91 Å². The van der Waals surface area contributed by atoms with E-state index in [1.165, 1.54) is 0 Å². The molecule has 2 saturated heterocycles. The zero-order valence-electron chi connectivity index (χ0n) is 12.5. The topological polar surface area (TPSA) is 73.6 Å². The van der Waals surface area contributed by atoms with Gasteiger partial charge in [-0.15, -0.1) is 0 Å². The lowest BCUT2D eigenvalue weighted by molar-refractivity contribution is -0.154. The fourth-order valence-corrected chi connectivity index (χ4v) is 4.15. The number of nitriles is 1. The molecule has 0 aromatic carbocycles. The summed E-state index contributed by atoms with van der Waals surface area (Å²) in [5, 5.41) is 20.2. The molecular weight excluding hydrogens is 268 g/mol. The lowest BCUT2D eigenvalue weighted by atomic mass is 9.70. The number of aliphatic hydroxyl groups is 1. The van der Waals surface area contributed by atoms with Crippen molar-refractivity contribution in [1.29, 1.82) is 5.26 Å². The Kier molecular flexibility index (Phi) is 3.94. The number of carbonyl (C=O) groups excluding carboxylic acids is 1. The number of piperidine rings is 1. The summed E-state index contributed by atoms with van der Waals surface area (Å²) >= 11 is 0. The molecule has 0 aromatic heterocycles. The van der Waals surface area contributed by atoms with Gasteiger partial charge in [-0.2, -0.15) is 5.26 Å². The quantitative estimate of drug-likeness (QED) is 0.794. The summed E-state index contributed by atoms with van der Waals surface area (Å²) in [6.45, 7) is 2.16. The Morgan fingerprint density at radius 2 is 2.00 bits per heavy atom. The van der Waals surface area contributed by atoms with Crippen molar-refractivity contribution in [3.63, 3.8) is 0 Å². The molecule has 1 N–H and O–H groups in total. The third-order valence-electron chi connectivity index (χ3n) is 5.68. The number of amides is 1. The van der Waals surface area contributed by atoms with Crippen LogP contribution in [0.1, 0.15) is 44.9 Å². The largest absolute Gasteiger partial charge is 0.389 e. The van der Waals surface area contributed by atoms with Crippen molar-refractivity contribution in [2.75, 3.05) is 26.3 Å². The molecule has 3 aliphatic rings. The molecule has 1 aliphatic carbocycles. The first-order valence-corrected chi connectivity index (χ1v) is 8.10. The van der Waals surface area contributed by atoms with Gasteiger partial charge in [-0.05, 0) is 32.1 Å². The summed E-state index contributed by atoms with van der Waals surface area (Å²) in [5.74, 6) is 0.139. The van der Waals surface area contributed by atoms with Gasteiger partial charge in [-0.25, -0.2) is 0 Å². The van der Waals surface area contributed by atoms with Crippen molar-refractivity contribution in [3.8, 4) is 6.07 Å². The van der Waals surface area contributed by atoms with Crippen LogP contribution in [0.4, 0.5) is 0 Å². The zero-order valence-corrected chi connectivity index (χ0v) is 12.5. The predicted octanol–water partition coefficient (Wildman–Crippen LogP) is 1.46. The normalized spacial score (nSPS) is 35.6. The highest BCUT2D eigenvalue weighted by atomic mass is 16.5. The number of fused-ring (bicyclic) bond motifs is 1. The molecule has 1 saturated carbocycles. The highest BCUT2D eigenvalue weighted by molar-refractivity contribution is 5.85. The van der Waals surface area contributed by atoms with Crippen molar-refractivity contribution < 1.29 is 14.6 Å². The average molecular weight is 292 g/mol. The van der Waals surface area contributed by atoms with E-state index in [2.05, 4.69) is 6.07 Å². The van der Waals surface area contributed by atoms with E-state index < -0.39 is 11.0 Å². The lowest BCUT2D eigenvalue weighted by Gasteiger charge is -2.48. The number of nitrogens with zero attached hydrogens (tertiary/aromatic N) is 2. The summed E-state index contributed by atoms with van der Waals surface area (Å²) in [7, 11) is 0. The van der Waals surface area contributed by atoms with Crippen LogP contribution in [0.15, 0.2) is 0 Å². The van der Waals surface area contributed by atoms with E-state index in [1.807, 2.05) is 4.90 Å². The average Bonchev–Trinajstić information content (AvgIpc) is 2.54. The first kappa shape index (κ1) is 14.8. The molecule has 3 rings (SSSR count). The van der Waals surface area contributed by atoms with Crippen molar-refractivity contribution in [1.82, 2.24) is 4.90 Å². The zero-order chi connectivity index (χ0) is 14.9. The van der Waals surface area contributed by atoms with E-state index >= 15 is 0 Å². The Balaban J connectivity index is 1.72. The summed E-state index contributed by atoms with van der Waals surface area (Å²) in [6.07, 6.45) is 5.70. The number of rotatable bonds is 1. The summed E-state index contributed by atoms with van der Waals surface area (Å²) in [4.78, 5) is 14.7. The smallest absolute Gasteiger partial charge is 0.243 e. The summed E-state index contributed by atoms with van der Waals surface area (Å²) in [5.41, 5.74) is -1.48. The molecule has 0 radical (unpaired) electrons. The van der Waals surface area contributed by atoms with Gasteiger partial charge < -0.3 is 14.7 Å². The summed E-state index contributed by atoms with van der Waals surface area (Å²) in [6, 6.07) is 2.26. The predicted molar refractivity (Wildman–Crippen MR) is 76.2 cm³/mol. The molecule has 0 bridgehead atoms. The number of carbonyl (C=O) groups is 1. The first-order chi connectivity index (χ1) is 10.1. The molecule has 116 valence electrons. The van der Waals surface area contributed by atoms with Crippen molar-refractivity contribution in [2.24, 2.45) is 11.3 Å². The number of likely N-dealkylation sites (tertiary alicyclic amines) is 1. The molecule has 2 unspecified atom stereocenters. The maximum Gasteiger partial charge on any atom is 0.243 e. The maximum absolute atomic E-state index is 12.9. The van der Waals surface area contributed by atoms with Gasteiger partial charge in [0, 0.05) is 32.2 Å². The van der Waals surface area contributed by atoms with E-state index in [9.17, 15) is 15.2 Å². The number of hydrogen-bond acceptors (Lipinski definition) is 4. The molecule has 0 spiro atoms. The van der Waals surface area contributed by atoms with Crippen LogP contribution in [0.25, 0.3) is 0 Å². The standard InChI is InChI=1S/C16H24N2O3/c17-12-15(6-9-21-10-7-15)14(19)18-8-5-16(20)4-2-1-3-13(16)11-18/h13,20H,1-11H2. The monoisotopic (exact) mass is 292 g/mol. The minimum atomic E-state index is -0.900. The SMILES string of the molecule is N#CC1(C(=O)N2CCC3(O)CCCCC3C2)CCOCC1. The first-order valence-electron chi connectivity index (χ1n) is 8.10. The van der Waals surface area contributed by atoms with Crippen LogP contribution in [0.5, 0.6) is 0 Å². The van der Waals surface area contributed by atoms with Gasteiger partial charge in [0.05, 0.1) is 11.7 Å². The molecule has 5 heteroatoms. The Morgan fingerprint density at radius 3 is 2.71 bits per heavy atom. The second kappa shape index (κ2) is 5.58. The molecular formula is C16H24N2O3. The van der Waals surface area contributed by atoms with Crippen molar-refractivity contribution in [3.05, 3.63) is 0 Å². The highest BCUT2D eigenvalue weighted by Crippen LogP contribution is 2.41. The second-order valence-electron chi connectivity index (χ2n) is 6.85. The van der Waals surface area contributed by atoms with Crippen LogP contribution < -0.4 is 0 Å². The van der Waals surface area contributed by atoms with Gasteiger partial charge in [0.25, 0.3) is 0 Å². The third kappa shape index (κ3) is 2.56. The van der Waals surface area contributed by atoms with Gasteiger partial charge in [0.1, 0.15) is 5.41 Å². The Hall–Kier alpha value is -1.12. The Morgan fingerprint density at radius 1 is 1.24 bits per heavy atom. The molecule has 0 aromatic rings. The molecule has 5 nitrogen and oxygen atoms in total. The van der Waals surface area contributed by atoms with Crippen LogP contribution in [0.2, 0.25) is 0 Å². The van der Waals surface area contributed by atoms with Gasteiger partial charge in [-0.3, -0.25) is 4.79 Å². The van der Waals surface area contributed by atoms with Gasteiger partial charge in [0.15, 0.2) is 0 Å². The van der Waals surface area contributed by atoms with E-state index in [-0.39, 0.29) is 11.8 Å². The van der Waals surface area contributed by atoms with Crippen molar-refractivity contribution >= 4 is 5.91 Å². The van der Waals surface area contributed by atoms with Crippen molar-refractivity contribution in [2.45, 2.75) is 50.5 Å². The molecule has 2 aliphatic heterocycles. The van der Waals surface area contributed by atoms with Crippen LogP contribution in [0, 0.1) is 22.7 Å². The number of hydrogen-bond donors (Lipinski definition) is 1. The number of ether oxygens (including phenoxy) is 1. The van der Waals surface area contributed by atoms with Crippen LogP contribution >= 0.6 is 0 Å². The highest BCUT2D eigenvalue weighted by Gasteiger charge is 2.48. The van der Waals surface area contributed by atoms with E-state index in [4.69, 9.17) is 4.74 Å². The molecule has 3 fully saturated rings. The third-order valence-corrected chi connectivity index (χ3v) is 5.68. The fraction of sp³-hybridized carbons (Fsp3) is 0.875. The van der Waals surface area contributed by atoms with E-state index in [1.54, 1.807) is 0 Å². The van der Waals surface area contributed by atoms with E-state index in [0.717, 1.165) is 25.7 Å². The Bertz CT molecular complexity index is 453. The van der Waals surface area contributed by atoms with Gasteiger partial charge >= 0.3 is 0 Å². The lowest BCUT2D eigenvalue weighted by Crippen LogP contribution is -2.57.